The fourth-order valence-electron chi connectivity index (χ4n) is 24.3. The van der Waals surface area contributed by atoms with E-state index < -0.39 is 0 Å². The van der Waals surface area contributed by atoms with Crippen molar-refractivity contribution < 1.29 is 37.5 Å². The van der Waals surface area contributed by atoms with E-state index in [2.05, 4.69) is 192 Å². The third-order valence-electron chi connectivity index (χ3n) is 31.4. The average molecular weight is 1940 g/mol. The molecule has 14 aliphatic rings. The summed E-state index contributed by atoms with van der Waals surface area (Å²) in [5.74, 6) is 0.0524. The molecule has 750 valence electrons. The molecule has 24 rings (SSSR count). The molecule has 0 saturated carbocycles. The molecule has 22 heterocycles. The van der Waals surface area contributed by atoms with Gasteiger partial charge in [0.25, 0.3) is 46.6 Å². The number of rotatable bonds is 8. The Morgan fingerprint density at radius 3 is 1.47 bits per heavy atom. The van der Waals surface area contributed by atoms with Gasteiger partial charge in [-0.25, -0.2) is 9.07 Å². The normalized spacial score (nSPS) is 19.7. The Balaban J connectivity index is 0.000000110. The largest absolute Gasteiger partial charge is 0.350 e. The molecular weight excluding hydrogens is 1790 g/mol. The van der Waals surface area contributed by atoms with Crippen molar-refractivity contribution in [1.82, 2.24) is 71.1 Å². The summed E-state index contributed by atoms with van der Waals surface area (Å²) < 4.78 is 46.2. The van der Waals surface area contributed by atoms with Crippen LogP contribution in [0.15, 0.2) is 52.4 Å². The summed E-state index contributed by atoms with van der Waals surface area (Å²) in [5, 5.41) is 6.29. The Morgan fingerprint density at radius 2 is 0.842 bits per heavy atom. The van der Waals surface area contributed by atoms with Gasteiger partial charge in [-0.2, -0.15) is 9.49 Å². The lowest BCUT2D eigenvalue weighted by Crippen LogP contribution is -2.42. The van der Waals surface area contributed by atoms with Crippen LogP contribution < -0.4 is 11.1 Å². The van der Waals surface area contributed by atoms with Gasteiger partial charge in [0.2, 0.25) is 5.95 Å². The molecule has 10 aromatic rings. The maximum atomic E-state index is 14.4. The van der Waals surface area contributed by atoms with E-state index in [9.17, 15) is 47.1 Å². The molecule has 0 radical (unpaired) electrons. The number of fused-ring (bicyclic) bond motifs is 24. The van der Waals surface area contributed by atoms with Crippen LogP contribution in [0.2, 0.25) is 0 Å². The first-order chi connectivity index (χ1) is 65.1. The summed E-state index contributed by atoms with van der Waals surface area (Å²) >= 11 is 3.42. The number of aromatic nitrogens is 9. The molecule has 10 aromatic heterocycles. The molecule has 23 nitrogen and oxygen atoms in total. The molecule has 0 unspecified atom stereocenters. The third kappa shape index (κ3) is 18.6. The molecule has 0 aromatic carbocycles. The van der Waals surface area contributed by atoms with Crippen LogP contribution in [0.5, 0.6) is 0 Å². The molecule has 0 fully saturated rings. The lowest BCUT2D eigenvalue weighted by Gasteiger charge is -2.31. The second-order valence-electron chi connectivity index (χ2n) is 49.2. The van der Waals surface area contributed by atoms with E-state index in [1.807, 2.05) is 96.5 Å². The van der Waals surface area contributed by atoms with Gasteiger partial charge >= 0.3 is 0 Å². The Hall–Kier alpha value is -9.89. The predicted molar refractivity (Wildman–Crippen MR) is 550 cm³/mol. The molecule has 139 heavy (non-hydrogen) atoms. The summed E-state index contributed by atoms with van der Waals surface area (Å²) in [6.45, 7) is 69.9. The zero-order valence-corrected chi connectivity index (χ0v) is 89.9. The van der Waals surface area contributed by atoms with Gasteiger partial charge in [-0.15, -0.1) is 22.7 Å². The fraction of sp³-hybridized carbons (Fsp3) is 0.616. The molecule has 0 N–H and O–H groups in total. The van der Waals surface area contributed by atoms with E-state index in [1.165, 1.54) is 91.9 Å². The summed E-state index contributed by atoms with van der Waals surface area (Å²) in [7, 11) is 0. The lowest BCUT2D eigenvalue weighted by molar-refractivity contribution is 0.0681. The predicted octanol–water partition coefficient (Wildman–Crippen LogP) is 21.4. The molecule has 0 bridgehead atoms. The van der Waals surface area contributed by atoms with Crippen LogP contribution in [0.1, 0.15) is 382 Å². The highest BCUT2D eigenvalue weighted by atomic mass is 32.1. The van der Waals surface area contributed by atoms with Crippen molar-refractivity contribution in [2.24, 2.45) is 32.5 Å². The van der Waals surface area contributed by atoms with Gasteiger partial charge in [0.15, 0.2) is 5.82 Å². The van der Waals surface area contributed by atoms with Gasteiger partial charge in [0.1, 0.15) is 4.70 Å². The molecule has 27 heteroatoms. The van der Waals surface area contributed by atoms with E-state index in [-0.39, 0.29) is 93.3 Å². The van der Waals surface area contributed by atoms with E-state index >= 15 is 0 Å². The number of nitrogens with zero attached hydrogens (tertiary/aromatic N) is 15. The van der Waals surface area contributed by atoms with Gasteiger partial charge in [0, 0.05) is 187 Å². The van der Waals surface area contributed by atoms with Crippen LogP contribution in [0.3, 0.4) is 0 Å². The van der Waals surface area contributed by atoms with Crippen molar-refractivity contribution in [3.63, 3.8) is 0 Å². The number of halogens is 2. The quantitative estimate of drug-likeness (QED) is 0.141. The number of carbonyl (C=O) groups is 6. The molecule has 0 saturated heterocycles. The maximum Gasteiger partial charge on any atom is 0.284 e. The highest BCUT2D eigenvalue weighted by Crippen LogP contribution is 2.50. The zero-order chi connectivity index (χ0) is 101. The van der Waals surface area contributed by atoms with Gasteiger partial charge in [-0.05, 0) is 274 Å². The first kappa shape index (κ1) is 101. The number of hydrogen-bond donors (Lipinski definition) is 0. The van der Waals surface area contributed by atoms with Crippen LogP contribution >= 0.6 is 22.7 Å². The van der Waals surface area contributed by atoms with Crippen LogP contribution in [-0.4, -0.2) is 149 Å². The van der Waals surface area contributed by atoms with Crippen molar-refractivity contribution in [2.75, 3.05) is 6.54 Å². The Kier molecular flexibility index (Phi) is 26.7. The Labute approximate surface area is 829 Å². The number of carbonyl (C=O) groups excluding carboxylic acids is 6. The fourth-order valence-corrected chi connectivity index (χ4v) is 27.3. The summed E-state index contributed by atoms with van der Waals surface area (Å²) in [6.07, 6.45) is 22.4. The molecular formula is C112H153F2N15O8S2. The maximum absolute atomic E-state index is 14.4. The Morgan fingerprint density at radius 1 is 0.353 bits per heavy atom. The van der Waals surface area contributed by atoms with Gasteiger partial charge in [-0.3, -0.25) is 38.4 Å². The number of thiophene rings is 2. The van der Waals surface area contributed by atoms with Crippen LogP contribution in [0.4, 0.5) is 8.78 Å². The van der Waals surface area contributed by atoms with E-state index in [0.29, 0.717) is 76.6 Å². The molecule has 0 spiro atoms. The zero-order valence-electron chi connectivity index (χ0n) is 88.3. The summed E-state index contributed by atoms with van der Waals surface area (Å²) in [5.41, 5.74) is 23.5. The van der Waals surface area contributed by atoms with Crippen molar-refractivity contribution >= 4 is 79.1 Å². The summed E-state index contributed by atoms with van der Waals surface area (Å²) in [6, 6.07) is 10.3. The first-order valence-corrected chi connectivity index (χ1v) is 53.4. The van der Waals surface area contributed by atoms with E-state index in [0.717, 1.165) is 195 Å². The number of hydrogen-bond acceptors (Lipinski definition) is 11. The first-order valence-electron chi connectivity index (χ1n) is 51.7. The topological polar surface area (TPSA) is 208 Å². The highest BCUT2D eigenvalue weighted by molar-refractivity contribution is 7.19. The van der Waals surface area contributed by atoms with Crippen LogP contribution in [-0.2, 0) is 143 Å². The molecule has 6 amide bonds. The monoisotopic (exact) mass is 1940 g/mol. The average Bonchev–Trinajstić information content (AvgIpc) is 1.51. The van der Waals surface area contributed by atoms with Crippen molar-refractivity contribution in [3.05, 3.63) is 197 Å². The third-order valence-corrected chi connectivity index (χ3v) is 33.9. The number of aryl methyl sites for hydroxylation is 3. The summed E-state index contributed by atoms with van der Waals surface area (Å²) in [4.78, 5) is 113. The Bertz CT molecular complexity index is 6520. The SMILES string of the molecule is CC(C)N1CCc2c(cc3n2CC(C)(C)C3)C1=O.CC(C)N1Cc2c(c(F)c3n2CC(C)(C)C3)C1=O.CC(C)N1Cc2c(c(F)n3c2CC(C)(C)C3)C1=O.CC(C)N1Cc2c(cc3n2CCCC3)C1=O.CC(C)N1Cc2c(cn3c2CC(C)(C)C3)C1=O.CC(C)N1Cc2c(sc3c2CC(C)(C)C3)C1=O.CC(C)n1ccc2c(cc3n2CCCC3)c1=O.CC(C)n1ncc2c3c(sc2c1=O)CC(C)(C)C3. The van der Waals surface area contributed by atoms with Crippen molar-refractivity contribution in [3.8, 4) is 0 Å². The van der Waals surface area contributed by atoms with E-state index in [4.69, 9.17) is 0 Å². The second-order valence-corrected chi connectivity index (χ2v) is 51.4. The van der Waals surface area contributed by atoms with Gasteiger partial charge in [0.05, 0.1) is 86.0 Å². The van der Waals surface area contributed by atoms with Crippen LogP contribution in [0, 0.1) is 44.3 Å². The smallest absolute Gasteiger partial charge is 0.284 e. The molecule has 0 atom stereocenters. The van der Waals surface area contributed by atoms with Crippen molar-refractivity contribution in [1.29, 1.82) is 0 Å². The number of pyridine rings is 1. The highest BCUT2D eigenvalue weighted by Gasteiger charge is 2.48. The van der Waals surface area contributed by atoms with E-state index in [1.54, 1.807) is 41.7 Å². The minimum Gasteiger partial charge on any atom is -0.350 e. The number of amides is 6. The van der Waals surface area contributed by atoms with Crippen molar-refractivity contribution in [2.45, 2.75) is 411 Å². The van der Waals surface area contributed by atoms with Gasteiger partial charge < -0.3 is 61.4 Å². The molecule has 2 aliphatic carbocycles. The standard InChI is InChI=1S/C15H22N2O.2C14H19FN2O.C14H18N2OS.C14H20N2O.C14H18N2O.C14H19NOS.C13H18N2O/c1-10(2)16-6-5-13-12(14(16)18)7-11-8-15(3,4)9-17(11)13;1-8(2)16-6-9-10-5-14(3,4)7-17(10)12(15)11(9)13(16)18;1-8(2)16-6-10-11(13(16)18)12(15)9-5-14(3,4)7-17(9)10;1-8(2)16-13(17)12-10(7-15-16)9-5-14(3,4)6-11(9)18-12;1-9(2)16-7-10-11(13(16)17)6-15-8-14(3,4)5-12(10)15;1-10(2)15-8-6-13-12(14(15)17)9-11-5-3-4-7-16(11)13;1-8(2)15-7-10-9-5-14(3,4)6-11(9)17-12(10)13(15)16;1-9(2)15-8-12-11(13(15)16)7-10-5-3-4-6-14(10)12/h7,10H,5-6,8-9H2,1-4H3;2*8H,5-7H2,1-4H3;7-8H,5-6H2,1-4H3;6,9H,5,7-8H2,1-4H3;6,8-10H,3-5,7H2,1-2H3;8H,5-7H2,1-4H3;7,9H,3-6,8H2,1-2H3. The van der Waals surface area contributed by atoms with Gasteiger partial charge in [-0.1, -0.05) is 83.1 Å². The lowest BCUT2D eigenvalue weighted by atomic mass is 9.90. The van der Waals surface area contributed by atoms with Crippen LogP contribution in [0.25, 0.3) is 21.0 Å². The molecule has 12 aliphatic heterocycles. The minimum atomic E-state index is -0.321. The minimum absolute atomic E-state index is 0.0692. The second kappa shape index (κ2) is 36.8.